The maximum Gasteiger partial charge on any atom is 0.271 e. The third kappa shape index (κ3) is 4.61. The minimum atomic E-state index is -0.238. The summed E-state index contributed by atoms with van der Waals surface area (Å²) in [6.07, 6.45) is 3.93. The molecule has 1 amide bonds. The topological polar surface area (TPSA) is 78.4 Å². The van der Waals surface area contributed by atoms with Crippen molar-refractivity contribution in [1.29, 1.82) is 0 Å². The van der Waals surface area contributed by atoms with Crippen molar-refractivity contribution in [1.82, 2.24) is 20.2 Å². The Hall–Kier alpha value is -2.31. The van der Waals surface area contributed by atoms with E-state index in [0.29, 0.717) is 12.2 Å². The van der Waals surface area contributed by atoms with Gasteiger partial charge in [0.2, 0.25) is 0 Å². The quantitative estimate of drug-likeness (QED) is 0.860. The predicted molar refractivity (Wildman–Crippen MR) is 94.9 cm³/mol. The number of nitrogens with one attached hydrogen (secondary N) is 1. The van der Waals surface area contributed by atoms with Gasteiger partial charge in [-0.2, -0.15) is 0 Å². The fourth-order valence-electron chi connectivity index (χ4n) is 3.19. The van der Waals surface area contributed by atoms with Crippen LogP contribution in [0, 0.1) is 12.8 Å². The van der Waals surface area contributed by atoms with E-state index in [1.807, 2.05) is 25.1 Å². The van der Waals surface area contributed by atoms with Crippen LogP contribution in [0.15, 0.2) is 42.7 Å². The zero-order chi connectivity index (χ0) is 17.6. The van der Waals surface area contributed by atoms with Gasteiger partial charge in [0.25, 0.3) is 5.91 Å². The summed E-state index contributed by atoms with van der Waals surface area (Å²) in [5.41, 5.74) is 2.33. The van der Waals surface area contributed by atoms with E-state index >= 15 is 0 Å². The van der Waals surface area contributed by atoms with E-state index < -0.39 is 0 Å². The molecule has 2 atom stereocenters. The maximum atomic E-state index is 12.4. The van der Waals surface area contributed by atoms with Gasteiger partial charge in [-0.1, -0.05) is 30.3 Å². The van der Waals surface area contributed by atoms with Crippen LogP contribution in [0.4, 0.5) is 0 Å². The molecule has 0 aliphatic carbocycles. The van der Waals surface area contributed by atoms with Gasteiger partial charge >= 0.3 is 0 Å². The molecule has 1 fully saturated rings. The monoisotopic (exact) mass is 340 g/mol. The molecule has 2 heterocycles. The largest absolute Gasteiger partial charge is 0.396 e. The molecule has 2 aromatic rings. The van der Waals surface area contributed by atoms with E-state index in [2.05, 4.69) is 32.3 Å². The Labute approximate surface area is 147 Å². The summed E-state index contributed by atoms with van der Waals surface area (Å²) in [5, 5.41) is 12.7. The summed E-state index contributed by atoms with van der Waals surface area (Å²) < 4.78 is 0. The second-order valence-corrected chi connectivity index (χ2v) is 6.58. The summed E-state index contributed by atoms with van der Waals surface area (Å²) in [6, 6.07) is 10.2. The van der Waals surface area contributed by atoms with Crippen LogP contribution in [0.25, 0.3) is 0 Å². The van der Waals surface area contributed by atoms with Crippen molar-refractivity contribution in [3.63, 3.8) is 0 Å². The third-order valence-corrected chi connectivity index (χ3v) is 4.65. The number of carbonyl (C=O) groups is 1. The Kier molecular flexibility index (Phi) is 5.73. The molecule has 0 saturated carbocycles. The minimum Gasteiger partial charge on any atom is -0.396 e. The van der Waals surface area contributed by atoms with Gasteiger partial charge in [0, 0.05) is 37.9 Å². The van der Waals surface area contributed by atoms with Crippen molar-refractivity contribution in [2.75, 3.05) is 19.7 Å². The number of benzene rings is 1. The number of amides is 1. The molecule has 0 bridgehead atoms. The molecule has 132 valence electrons. The molecular weight excluding hydrogens is 316 g/mol. The molecule has 1 aliphatic heterocycles. The van der Waals surface area contributed by atoms with Gasteiger partial charge < -0.3 is 10.4 Å². The fraction of sp³-hybridized carbons (Fsp3) is 0.421. The van der Waals surface area contributed by atoms with E-state index in [1.165, 1.54) is 11.8 Å². The Morgan fingerprint density at radius 1 is 1.28 bits per heavy atom. The highest BCUT2D eigenvalue weighted by atomic mass is 16.3. The first-order chi connectivity index (χ1) is 12.2. The Morgan fingerprint density at radius 3 is 2.76 bits per heavy atom. The number of aliphatic hydroxyl groups excluding tert-OH is 1. The molecule has 6 nitrogen and oxygen atoms in total. The van der Waals surface area contributed by atoms with Gasteiger partial charge in [0.05, 0.1) is 11.9 Å². The molecule has 0 spiro atoms. The summed E-state index contributed by atoms with van der Waals surface area (Å²) in [4.78, 5) is 23.0. The van der Waals surface area contributed by atoms with E-state index in [9.17, 15) is 9.90 Å². The van der Waals surface area contributed by atoms with Crippen LogP contribution < -0.4 is 5.32 Å². The minimum absolute atomic E-state index is 0.0642. The molecule has 0 unspecified atom stereocenters. The Morgan fingerprint density at radius 2 is 2.08 bits per heavy atom. The lowest BCUT2D eigenvalue weighted by molar-refractivity contribution is 0.0726. The SMILES string of the molecule is Cc1cnc(C(=O)N[C@@H]2CN(Cc3ccccc3)CC[C@H]2CO)cn1. The Bertz CT molecular complexity index is 690. The van der Waals surface area contributed by atoms with Crippen LogP contribution in [0.2, 0.25) is 0 Å². The predicted octanol–water partition coefficient (Wildman–Crippen LogP) is 1.40. The first kappa shape index (κ1) is 17.5. The van der Waals surface area contributed by atoms with Crippen LogP contribution >= 0.6 is 0 Å². The molecule has 3 rings (SSSR count). The number of hydrogen-bond donors (Lipinski definition) is 2. The molecule has 0 radical (unpaired) electrons. The van der Waals surface area contributed by atoms with Crippen LogP contribution in [0.5, 0.6) is 0 Å². The standard InChI is InChI=1S/C19H24N4O2/c1-14-9-21-17(10-20-14)19(25)22-18-12-23(8-7-16(18)13-24)11-15-5-3-2-4-6-15/h2-6,9-10,16,18,24H,7-8,11-13H2,1H3,(H,22,25)/t16-,18+/m0/s1. The first-order valence-corrected chi connectivity index (χ1v) is 8.62. The summed E-state index contributed by atoms with van der Waals surface area (Å²) in [6.45, 7) is 4.38. The number of aliphatic hydroxyl groups is 1. The van der Waals surface area contributed by atoms with Crippen molar-refractivity contribution >= 4 is 5.91 Å². The smallest absolute Gasteiger partial charge is 0.271 e. The van der Waals surface area contributed by atoms with Crippen molar-refractivity contribution in [2.45, 2.75) is 25.9 Å². The lowest BCUT2D eigenvalue weighted by Crippen LogP contribution is -2.53. The number of aromatic nitrogens is 2. The van der Waals surface area contributed by atoms with Gasteiger partial charge in [0.1, 0.15) is 5.69 Å². The van der Waals surface area contributed by atoms with E-state index in [0.717, 1.165) is 25.2 Å². The number of carbonyl (C=O) groups excluding carboxylic acids is 1. The molecule has 2 N–H and O–H groups in total. The summed E-state index contributed by atoms with van der Waals surface area (Å²) in [5.74, 6) is -0.174. The van der Waals surface area contributed by atoms with Crippen molar-refractivity contribution < 1.29 is 9.90 Å². The number of aryl methyl sites for hydroxylation is 1. The van der Waals surface area contributed by atoms with Crippen LogP contribution in [0.1, 0.15) is 28.2 Å². The van der Waals surface area contributed by atoms with Gasteiger partial charge in [0.15, 0.2) is 0 Å². The zero-order valence-corrected chi connectivity index (χ0v) is 14.4. The van der Waals surface area contributed by atoms with Crippen molar-refractivity contribution in [3.8, 4) is 0 Å². The highest BCUT2D eigenvalue weighted by Crippen LogP contribution is 2.19. The molecule has 1 saturated heterocycles. The van der Waals surface area contributed by atoms with E-state index in [1.54, 1.807) is 6.20 Å². The van der Waals surface area contributed by atoms with Crippen LogP contribution in [-0.2, 0) is 6.54 Å². The second-order valence-electron chi connectivity index (χ2n) is 6.58. The normalized spacial score (nSPS) is 21.0. The van der Waals surface area contributed by atoms with Gasteiger partial charge in [-0.25, -0.2) is 4.98 Å². The molecule has 1 aromatic carbocycles. The molecule has 1 aromatic heterocycles. The first-order valence-electron chi connectivity index (χ1n) is 8.62. The summed E-state index contributed by atoms with van der Waals surface area (Å²) >= 11 is 0. The van der Waals surface area contributed by atoms with Gasteiger partial charge in [-0.3, -0.25) is 14.7 Å². The number of hydrogen-bond acceptors (Lipinski definition) is 5. The average molecular weight is 340 g/mol. The lowest BCUT2D eigenvalue weighted by atomic mass is 9.91. The highest BCUT2D eigenvalue weighted by Gasteiger charge is 2.30. The summed E-state index contributed by atoms with van der Waals surface area (Å²) in [7, 11) is 0. The molecule has 6 heteroatoms. The van der Waals surface area contributed by atoms with E-state index in [-0.39, 0.29) is 24.5 Å². The van der Waals surface area contributed by atoms with Crippen LogP contribution in [-0.4, -0.2) is 51.6 Å². The van der Waals surface area contributed by atoms with Gasteiger partial charge in [-0.05, 0) is 25.5 Å². The third-order valence-electron chi connectivity index (χ3n) is 4.65. The molecule has 1 aliphatic rings. The van der Waals surface area contributed by atoms with Crippen molar-refractivity contribution in [2.24, 2.45) is 5.92 Å². The zero-order valence-electron chi connectivity index (χ0n) is 14.4. The number of rotatable bonds is 5. The molecular formula is C19H24N4O2. The van der Waals surface area contributed by atoms with E-state index in [4.69, 9.17) is 0 Å². The number of nitrogens with zero attached hydrogens (tertiary/aromatic N) is 3. The van der Waals surface area contributed by atoms with Crippen molar-refractivity contribution in [3.05, 3.63) is 59.7 Å². The second kappa shape index (κ2) is 8.18. The average Bonchev–Trinajstić information content (AvgIpc) is 2.63. The highest BCUT2D eigenvalue weighted by molar-refractivity contribution is 5.92. The maximum absolute atomic E-state index is 12.4. The lowest BCUT2D eigenvalue weighted by Gasteiger charge is -2.38. The Balaban J connectivity index is 1.64. The number of piperidine rings is 1. The molecule has 25 heavy (non-hydrogen) atoms. The fourth-order valence-corrected chi connectivity index (χ4v) is 3.19. The number of likely N-dealkylation sites (tertiary alicyclic amines) is 1. The van der Waals surface area contributed by atoms with Gasteiger partial charge in [-0.15, -0.1) is 0 Å². The van der Waals surface area contributed by atoms with Crippen LogP contribution in [0.3, 0.4) is 0 Å².